The van der Waals surface area contributed by atoms with Crippen LogP contribution >= 0.6 is 11.8 Å². The quantitative estimate of drug-likeness (QED) is 0.547. The first-order chi connectivity index (χ1) is 8.06. The lowest BCUT2D eigenvalue weighted by molar-refractivity contribution is -0.115. The molecule has 0 radical (unpaired) electrons. The van der Waals surface area contributed by atoms with E-state index in [1.165, 1.54) is 18.2 Å². The zero-order valence-corrected chi connectivity index (χ0v) is 9.27. The normalized spacial score (nSPS) is 17.4. The summed E-state index contributed by atoms with van der Waals surface area (Å²) < 4.78 is 0. The minimum atomic E-state index is -0.449. The second-order valence-electron chi connectivity index (χ2n) is 3.24. The highest BCUT2D eigenvalue weighted by Gasteiger charge is 2.24. The molecule has 1 aromatic carbocycles. The molecule has 1 aromatic rings. The fourth-order valence-electron chi connectivity index (χ4n) is 1.31. The number of hydrogen-bond acceptors (Lipinski definition) is 6. The van der Waals surface area contributed by atoms with Crippen LogP contribution in [0.4, 0.5) is 10.5 Å². The highest BCUT2D eigenvalue weighted by atomic mass is 32.2. The van der Waals surface area contributed by atoms with Gasteiger partial charge in [-0.2, -0.15) is 0 Å². The highest BCUT2D eigenvalue weighted by Crippen LogP contribution is 2.26. The largest absolute Gasteiger partial charge is 0.290 e. The molecule has 1 heterocycles. The number of hydrogen-bond donors (Lipinski definition) is 3. The first-order valence-electron chi connectivity index (χ1n) is 4.59. The van der Waals surface area contributed by atoms with Gasteiger partial charge < -0.3 is 0 Å². The van der Waals surface area contributed by atoms with Gasteiger partial charge in [0, 0.05) is 0 Å². The third-order valence-corrected chi connectivity index (χ3v) is 2.85. The van der Waals surface area contributed by atoms with Gasteiger partial charge in [0.15, 0.2) is 0 Å². The summed E-state index contributed by atoms with van der Waals surface area (Å²) in [6, 6.07) is 6.22. The van der Waals surface area contributed by atoms with Crippen LogP contribution in [-0.4, -0.2) is 21.6 Å². The third-order valence-electron chi connectivity index (χ3n) is 2.04. The first kappa shape index (κ1) is 11.6. The molecule has 6 nitrogen and oxygen atoms in total. The Labute approximate surface area is 100 Å². The number of imide groups is 1. The van der Waals surface area contributed by atoms with Gasteiger partial charge >= 0.3 is 0 Å². The van der Waals surface area contributed by atoms with E-state index in [9.17, 15) is 9.59 Å². The molecule has 7 heteroatoms. The van der Waals surface area contributed by atoms with E-state index in [1.54, 1.807) is 12.1 Å². The molecule has 1 aliphatic heterocycles. The molecule has 0 aromatic heterocycles. The maximum atomic E-state index is 11.3. The van der Waals surface area contributed by atoms with Gasteiger partial charge in [-0.05, 0) is 35.5 Å². The molecule has 2 amide bonds. The van der Waals surface area contributed by atoms with E-state index in [4.69, 9.17) is 10.4 Å². The number of carbonyl (C=O) groups is 2. The molecule has 2 rings (SSSR count). The van der Waals surface area contributed by atoms with Crippen LogP contribution in [0.3, 0.4) is 0 Å². The van der Waals surface area contributed by atoms with E-state index in [2.05, 4.69) is 5.32 Å². The lowest BCUT2D eigenvalue weighted by atomic mass is 10.2. The fourth-order valence-corrected chi connectivity index (χ4v) is 1.99. The van der Waals surface area contributed by atoms with Crippen molar-refractivity contribution in [2.45, 2.75) is 0 Å². The number of nitrogens with one attached hydrogen (secondary N) is 1. The van der Waals surface area contributed by atoms with Crippen LogP contribution in [0.1, 0.15) is 5.56 Å². The molecular formula is C10H8N2O4S. The number of rotatable bonds is 2. The molecule has 17 heavy (non-hydrogen) atoms. The van der Waals surface area contributed by atoms with Gasteiger partial charge in [0.05, 0.1) is 10.6 Å². The van der Waals surface area contributed by atoms with Crippen LogP contribution in [0.2, 0.25) is 0 Å². The summed E-state index contributed by atoms with van der Waals surface area (Å²) in [6.07, 6.45) is 1.50. The Morgan fingerprint density at radius 2 is 2.06 bits per heavy atom. The zero-order valence-electron chi connectivity index (χ0n) is 8.45. The Bertz CT molecular complexity index is 513. The first-order valence-corrected chi connectivity index (χ1v) is 5.41. The van der Waals surface area contributed by atoms with E-state index in [-0.39, 0.29) is 15.8 Å². The molecule has 0 saturated carbocycles. The number of benzene rings is 1. The molecule has 0 aliphatic carbocycles. The summed E-state index contributed by atoms with van der Waals surface area (Å²) in [4.78, 5) is 22.5. The van der Waals surface area contributed by atoms with Gasteiger partial charge in [-0.1, -0.05) is 12.1 Å². The summed E-state index contributed by atoms with van der Waals surface area (Å²) >= 11 is 0.806. The van der Waals surface area contributed by atoms with Crippen LogP contribution < -0.4 is 10.5 Å². The number of thioether (sulfide) groups is 1. The van der Waals surface area contributed by atoms with E-state index < -0.39 is 11.1 Å². The predicted octanol–water partition coefficient (Wildman–Crippen LogP) is 1.60. The minimum Gasteiger partial charge on any atom is -0.282 e. The van der Waals surface area contributed by atoms with Crippen molar-refractivity contribution in [1.29, 1.82) is 0 Å². The molecule has 0 spiro atoms. The average Bonchev–Trinajstić information content (AvgIpc) is 2.58. The Hall–Kier alpha value is -1.83. The average molecular weight is 252 g/mol. The zero-order chi connectivity index (χ0) is 12.4. The summed E-state index contributed by atoms with van der Waals surface area (Å²) in [6.45, 7) is 0. The number of anilines is 1. The van der Waals surface area contributed by atoms with Crippen molar-refractivity contribution in [3.63, 3.8) is 0 Å². The second-order valence-corrected chi connectivity index (χ2v) is 4.25. The summed E-state index contributed by atoms with van der Waals surface area (Å²) in [5.74, 6) is -0.449. The standard InChI is InChI=1S/C10H8N2O4S/c13-9-8(17-10(14)11-9)5-6-2-1-3-7(4-6)12(15)16/h1-5,15-16H,(H,11,13,14). The molecule has 1 fully saturated rings. The molecule has 0 unspecified atom stereocenters. The summed E-state index contributed by atoms with van der Waals surface area (Å²) in [7, 11) is 0. The molecule has 1 aliphatic rings. The van der Waals surface area contributed by atoms with Crippen LogP contribution in [0.25, 0.3) is 6.08 Å². The topological polar surface area (TPSA) is 89.9 Å². The molecule has 0 bridgehead atoms. The smallest absolute Gasteiger partial charge is 0.282 e. The lowest BCUT2D eigenvalue weighted by Gasteiger charge is -2.07. The number of carbonyl (C=O) groups excluding carboxylic acids is 2. The molecule has 3 N–H and O–H groups in total. The van der Waals surface area contributed by atoms with E-state index in [0.717, 1.165) is 11.8 Å². The second kappa shape index (κ2) is 4.58. The van der Waals surface area contributed by atoms with Crippen molar-refractivity contribution in [1.82, 2.24) is 5.32 Å². The molecule has 0 atom stereocenters. The number of amides is 2. The SMILES string of the molecule is O=C1NC(=O)C(=Cc2cccc(N(O)O)c2)S1. The van der Waals surface area contributed by atoms with Crippen LogP contribution in [0.15, 0.2) is 29.2 Å². The third kappa shape index (κ3) is 2.64. The van der Waals surface area contributed by atoms with E-state index >= 15 is 0 Å². The van der Waals surface area contributed by atoms with Gasteiger partial charge in [0.2, 0.25) is 0 Å². The Morgan fingerprint density at radius 3 is 2.65 bits per heavy atom. The van der Waals surface area contributed by atoms with Crippen LogP contribution in [0, 0.1) is 0 Å². The lowest BCUT2D eigenvalue weighted by Crippen LogP contribution is -2.17. The Morgan fingerprint density at radius 1 is 1.29 bits per heavy atom. The van der Waals surface area contributed by atoms with Crippen molar-refractivity contribution in [2.75, 3.05) is 5.23 Å². The van der Waals surface area contributed by atoms with Gasteiger partial charge in [0.1, 0.15) is 0 Å². The molecule has 88 valence electrons. The Balaban J connectivity index is 2.29. The van der Waals surface area contributed by atoms with Crippen molar-refractivity contribution in [2.24, 2.45) is 0 Å². The molecule has 1 saturated heterocycles. The summed E-state index contributed by atoms with van der Waals surface area (Å²) in [5, 5.41) is 19.4. The van der Waals surface area contributed by atoms with Crippen LogP contribution in [-0.2, 0) is 4.79 Å². The predicted molar refractivity (Wildman–Crippen MR) is 61.6 cm³/mol. The van der Waals surface area contributed by atoms with Crippen molar-refractivity contribution < 1.29 is 20.0 Å². The fraction of sp³-hybridized carbons (Fsp3) is 0. The summed E-state index contributed by atoms with van der Waals surface area (Å²) in [5.41, 5.74) is 0.747. The number of nitrogens with zero attached hydrogens (tertiary/aromatic N) is 1. The van der Waals surface area contributed by atoms with E-state index in [1.807, 2.05) is 0 Å². The van der Waals surface area contributed by atoms with Gasteiger partial charge in [-0.25, -0.2) is 0 Å². The van der Waals surface area contributed by atoms with Gasteiger partial charge in [0.25, 0.3) is 11.1 Å². The molecular weight excluding hydrogens is 244 g/mol. The Kier molecular flexibility index (Phi) is 3.14. The van der Waals surface area contributed by atoms with E-state index in [0.29, 0.717) is 5.56 Å². The van der Waals surface area contributed by atoms with Crippen LogP contribution in [0.5, 0.6) is 0 Å². The maximum Gasteiger partial charge on any atom is 0.290 e. The highest BCUT2D eigenvalue weighted by molar-refractivity contribution is 8.18. The maximum absolute atomic E-state index is 11.3. The minimum absolute atomic E-state index is 0.0188. The van der Waals surface area contributed by atoms with Gasteiger partial charge in [-0.15, -0.1) is 5.23 Å². The van der Waals surface area contributed by atoms with Crippen molar-refractivity contribution in [3.05, 3.63) is 34.7 Å². The van der Waals surface area contributed by atoms with Crippen molar-refractivity contribution >= 4 is 34.7 Å². The monoisotopic (exact) mass is 252 g/mol. The van der Waals surface area contributed by atoms with Crippen molar-refractivity contribution in [3.8, 4) is 0 Å². The van der Waals surface area contributed by atoms with Gasteiger partial charge in [-0.3, -0.25) is 25.3 Å².